The van der Waals surface area contributed by atoms with E-state index in [1.165, 1.54) is 0 Å². The molecule has 0 radical (unpaired) electrons. The van der Waals surface area contributed by atoms with E-state index in [0.29, 0.717) is 12.5 Å². The standard InChI is InChI=1S/C12H23NO2/c1-5-15-11(14)10-9(6-7-13-10)8-12(2,3)4/h9-10,13H,5-8H2,1-4H3/t9-,10+/m1/s1. The summed E-state index contributed by atoms with van der Waals surface area (Å²) in [6.07, 6.45) is 2.16. The number of carbonyl (C=O) groups is 1. The van der Waals surface area contributed by atoms with Crippen LogP contribution in [0.4, 0.5) is 0 Å². The van der Waals surface area contributed by atoms with E-state index in [2.05, 4.69) is 26.1 Å². The highest BCUT2D eigenvalue weighted by atomic mass is 16.5. The molecule has 2 atom stereocenters. The summed E-state index contributed by atoms with van der Waals surface area (Å²) in [5, 5.41) is 3.24. The summed E-state index contributed by atoms with van der Waals surface area (Å²) in [6.45, 7) is 9.91. The van der Waals surface area contributed by atoms with Gasteiger partial charge in [-0.1, -0.05) is 20.8 Å². The number of ether oxygens (including phenoxy) is 1. The molecule has 0 aliphatic carbocycles. The van der Waals surface area contributed by atoms with Crippen molar-refractivity contribution in [3.05, 3.63) is 0 Å². The van der Waals surface area contributed by atoms with E-state index in [1.54, 1.807) is 0 Å². The van der Waals surface area contributed by atoms with E-state index >= 15 is 0 Å². The van der Waals surface area contributed by atoms with Gasteiger partial charge in [-0.2, -0.15) is 0 Å². The summed E-state index contributed by atoms with van der Waals surface area (Å²) in [7, 11) is 0. The van der Waals surface area contributed by atoms with E-state index in [-0.39, 0.29) is 17.4 Å². The Labute approximate surface area is 92.6 Å². The van der Waals surface area contributed by atoms with E-state index in [9.17, 15) is 4.79 Å². The van der Waals surface area contributed by atoms with Crippen molar-refractivity contribution >= 4 is 5.97 Å². The van der Waals surface area contributed by atoms with Crippen LogP contribution in [0.15, 0.2) is 0 Å². The second-order valence-electron chi connectivity index (χ2n) is 5.50. The second kappa shape index (κ2) is 4.97. The number of rotatable bonds is 3. The lowest BCUT2D eigenvalue weighted by atomic mass is 9.81. The van der Waals surface area contributed by atoms with Crippen LogP contribution in [0.2, 0.25) is 0 Å². The first kappa shape index (κ1) is 12.5. The van der Waals surface area contributed by atoms with Gasteiger partial charge in [0.25, 0.3) is 0 Å². The smallest absolute Gasteiger partial charge is 0.323 e. The van der Waals surface area contributed by atoms with Crippen molar-refractivity contribution in [2.24, 2.45) is 11.3 Å². The second-order valence-corrected chi connectivity index (χ2v) is 5.50. The van der Waals surface area contributed by atoms with Crippen LogP contribution >= 0.6 is 0 Å². The van der Waals surface area contributed by atoms with E-state index in [0.717, 1.165) is 19.4 Å². The predicted molar refractivity (Wildman–Crippen MR) is 60.6 cm³/mol. The maximum absolute atomic E-state index is 11.7. The lowest BCUT2D eigenvalue weighted by molar-refractivity contribution is -0.146. The van der Waals surface area contributed by atoms with Crippen molar-refractivity contribution in [2.75, 3.05) is 13.2 Å². The van der Waals surface area contributed by atoms with Crippen molar-refractivity contribution in [2.45, 2.75) is 46.6 Å². The average Bonchev–Trinajstić information content (AvgIpc) is 2.49. The van der Waals surface area contributed by atoms with Gasteiger partial charge in [-0.25, -0.2) is 0 Å². The van der Waals surface area contributed by atoms with Gasteiger partial charge in [-0.15, -0.1) is 0 Å². The van der Waals surface area contributed by atoms with Crippen LogP contribution in [-0.4, -0.2) is 25.2 Å². The maximum atomic E-state index is 11.7. The van der Waals surface area contributed by atoms with E-state index in [1.807, 2.05) is 6.92 Å². The van der Waals surface area contributed by atoms with Crippen molar-refractivity contribution in [1.82, 2.24) is 5.32 Å². The number of hydrogen-bond donors (Lipinski definition) is 1. The van der Waals surface area contributed by atoms with Gasteiger partial charge < -0.3 is 10.1 Å². The zero-order chi connectivity index (χ0) is 11.5. The first-order valence-corrected chi connectivity index (χ1v) is 5.84. The highest BCUT2D eigenvalue weighted by Crippen LogP contribution is 2.31. The molecule has 0 unspecified atom stereocenters. The molecular weight excluding hydrogens is 190 g/mol. The zero-order valence-corrected chi connectivity index (χ0v) is 10.3. The highest BCUT2D eigenvalue weighted by molar-refractivity contribution is 5.76. The Morgan fingerprint density at radius 3 is 2.67 bits per heavy atom. The molecule has 0 aromatic heterocycles. The molecule has 0 aromatic carbocycles. The minimum atomic E-state index is -0.0795. The third kappa shape index (κ3) is 3.82. The summed E-state index contributed by atoms with van der Waals surface area (Å²) in [5.41, 5.74) is 0.279. The number of esters is 1. The largest absolute Gasteiger partial charge is 0.465 e. The maximum Gasteiger partial charge on any atom is 0.323 e. The van der Waals surface area contributed by atoms with Gasteiger partial charge in [-0.3, -0.25) is 4.79 Å². The minimum absolute atomic E-state index is 0.0794. The number of carbonyl (C=O) groups excluding carboxylic acids is 1. The molecule has 1 heterocycles. The zero-order valence-electron chi connectivity index (χ0n) is 10.3. The van der Waals surface area contributed by atoms with Gasteiger partial charge in [-0.05, 0) is 37.6 Å². The fraction of sp³-hybridized carbons (Fsp3) is 0.917. The summed E-state index contributed by atoms with van der Waals surface area (Å²) in [5.74, 6) is 0.355. The highest BCUT2D eigenvalue weighted by Gasteiger charge is 2.35. The van der Waals surface area contributed by atoms with Crippen molar-refractivity contribution in [3.63, 3.8) is 0 Å². The molecule has 0 saturated carbocycles. The van der Waals surface area contributed by atoms with Crippen LogP contribution in [0.5, 0.6) is 0 Å². The van der Waals surface area contributed by atoms with Gasteiger partial charge in [0.1, 0.15) is 6.04 Å². The molecule has 1 aliphatic rings. The lowest BCUT2D eigenvalue weighted by Gasteiger charge is -2.26. The van der Waals surface area contributed by atoms with Crippen LogP contribution in [0, 0.1) is 11.3 Å². The number of hydrogen-bond acceptors (Lipinski definition) is 3. The Morgan fingerprint density at radius 2 is 2.13 bits per heavy atom. The molecule has 0 aromatic rings. The van der Waals surface area contributed by atoms with Crippen LogP contribution in [0.25, 0.3) is 0 Å². The van der Waals surface area contributed by atoms with E-state index < -0.39 is 0 Å². The molecule has 1 saturated heterocycles. The monoisotopic (exact) mass is 213 g/mol. The molecule has 1 rings (SSSR count). The normalized spacial score (nSPS) is 26.7. The van der Waals surface area contributed by atoms with Gasteiger partial charge in [0, 0.05) is 0 Å². The van der Waals surface area contributed by atoms with Gasteiger partial charge >= 0.3 is 5.97 Å². The predicted octanol–water partition coefficient (Wildman–Crippen LogP) is 1.96. The van der Waals surface area contributed by atoms with Gasteiger partial charge in [0.15, 0.2) is 0 Å². The summed E-state index contributed by atoms with van der Waals surface area (Å²) in [6, 6.07) is -0.0795. The lowest BCUT2D eigenvalue weighted by Crippen LogP contribution is -2.38. The van der Waals surface area contributed by atoms with Crippen LogP contribution in [0.3, 0.4) is 0 Å². The van der Waals surface area contributed by atoms with Crippen LogP contribution in [-0.2, 0) is 9.53 Å². The van der Waals surface area contributed by atoms with Crippen molar-refractivity contribution in [1.29, 1.82) is 0 Å². The molecule has 1 fully saturated rings. The summed E-state index contributed by atoms with van der Waals surface area (Å²) >= 11 is 0. The molecule has 0 spiro atoms. The fourth-order valence-electron chi connectivity index (χ4n) is 2.27. The number of nitrogens with one attached hydrogen (secondary N) is 1. The Morgan fingerprint density at radius 1 is 1.47 bits per heavy atom. The molecule has 0 amide bonds. The van der Waals surface area contributed by atoms with Crippen LogP contribution in [0.1, 0.15) is 40.5 Å². The summed E-state index contributed by atoms with van der Waals surface area (Å²) in [4.78, 5) is 11.7. The molecule has 1 N–H and O–H groups in total. The quantitative estimate of drug-likeness (QED) is 0.728. The molecule has 88 valence electrons. The van der Waals surface area contributed by atoms with Crippen LogP contribution < -0.4 is 5.32 Å². The average molecular weight is 213 g/mol. The van der Waals surface area contributed by atoms with E-state index in [4.69, 9.17) is 4.74 Å². The Bertz CT molecular complexity index is 220. The third-order valence-corrected chi connectivity index (χ3v) is 2.77. The molecule has 3 nitrogen and oxygen atoms in total. The van der Waals surface area contributed by atoms with Gasteiger partial charge in [0.2, 0.25) is 0 Å². The first-order valence-electron chi connectivity index (χ1n) is 5.84. The molecule has 3 heteroatoms. The van der Waals surface area contributed by atoms with Crippen molar-refractivity contribution in [3.8, 4) is 0 Å². The Kier molecular flexibility index (Phi) is 4.14. The van der Waals surface area contributed by atoms with Crippen molar-refractivity contribution < 1.29 is 9.53 Å². The Hall–Kier alpha value is -0.570. The summed E-state index contributed by atoms with van der Waals surface area (Å²) < 4.78 is 5.07. The SMILES string of the molecule is CCOC(=O)[C@H]1NCC[C@@H]1CC(C)(C)C. The minimum Gasteiger partial charge on any atom is -0.465 e. The molecule has 0 bridgehead atoms. The third-order valence-electron chi connectivity index (χ3n) is 2.77. The fourth-order valence-corrected chi connectivity index (χ4v) is 2.27. The molecule has 15 heavy (non-hydrogen) atoms. The Balaban J connectivity index is 2.53. The van der Waals surface area contributed by atoms with Gasteiger partial charge in [0.05, 0.1) is 6.61 Å². The first-order chi connectivity index (χ1) is 6.94. The molecule has 1 aliphatic heterocycles. The molecular formula is C12H23NO2. The topological polar surface area (TPSA) is 38.3 Å².